The predicted octanol–water partition coefficient (Wildman–Crippen LogP) is 3.67. The molecule has 1 atom stereocenters. The molecule has 0 fully saturated rings. The Bertz CT molecular complexity index is 2070. The number of carbonyl (C=O) groups is 1. The number of aromatic nitrogens is 7. The summed E-state index contributed by atoms with van der Waals surface area (Å²) in [6.07, 6.45) is 6.84. The number of rotatable bonds is 4. The Kier molecular flexibility index (Phi) is 6.40. The number of carbonyl (C=O) groups excluding carboxylic acids is 1. The van der Waals surface area contributed by atoms with E-state index in [2.05, 4.69) is 32.3 Å². The van der Waals surface area contributed by atoms with Gasteiger partial charge >= 0.3 is 0 Å². The summed E-state index contributed by atoms with van der Waals surface area (Å²) in [6, 6.07) is 14.1. The Balaban J connectivity index is 1.49. The molecule has 0 saturated carbocycles. The Morgan fingerprint density at radius 1 is 1.05 bits per heavy atom. The zero-order valence-electron chi connectivity index (χ0n) is 23.0. The average Bonchev–Trinajstić information content (AvgIpc) is 3.53. The van der Waals surface area contributed by atoms with E-state index in [9.17, 15) is 9.59 Å². The van der Waals surface area contributed by atoms with Crippen LogP contribution in [0.5, 0.6) is 0 Å². The second-order valence-electron chi connectivity index (χ2n) is 9.84. The van der Waals surface area contributed by atoms with Crippen molar-refractivity contribution in [3.8, 4) is 17.5 Å². The van der Waals surface area contributed by atoms with E-state index < -0.39 is 6.04 Å². The largest absolute Gasteiger partial charge is 0.342 e. The lowest BCUT2D eigenvalue weighted by Crippen LogP contribution is -2.33. The molecule has 2 aromatic carbocycles. The molecule has 0 aliphatic carbocycles. The molecule has 202 valence electrons. The van der Waals surface area contributed by atoms with Gasteiger partial charge in [0.15, 0.2) is 5.65 Å². The van der Waals surface area contributed by atoms with Crippen molar-refractivity contribution in [3.63, 3.8) is 0 Å². The lowest BCUT2D eigenvalue weighted by molar-refractivity contribution is 0.0938. The molecule has 10 nitrogen and oxygen atoms in total. The maximum Gasteiger partial charge on any atom is 0.267 e. The van der Waals surface area contributed by atoms with Crippen LogP contribution in [0.2, 0.25) is 0 Å². The zero-order chi connectivity index (χ0) is 28.7. The first-order chi connectivity index (χ1) is 19.8. The van der Waals surface area contributed by atoms with E-state index in [0.29, 0.717) is 44.9 Å². The Morgan fingerprint density at radius 3 is 2.61 bits per heavy atom. The quantitative estimate of drug-likeness (QED) is 0.340. The summed E-state index contributed by atoms with van der Waals surface area (Å²) in [5.74, 6) is 6.24. The van der Waals surface area contributed by atoms with Gasteiger partial charge in [-0.3, -0.25) is 18.8 Å². The highest BCUT2D eigenvalue weighted by molar-refractivity contribution is 6.01. The van der Waals surface area contributed by atoms with Crippen LogP contribution in [-0.2, 0) is 7.05 Å². The van der Waals surface area contributed by atoms with Crippen molar-refractivity contribution in [1.82, 2.24) is 39.2 Å². The van der Waals surface area contributed by atoms with Crippen molar-refractivity contribution in [2.75, 3.05) is 0 Å². The molecule has 1 unspecified atom stereocenters. The minimum Gasteiger partial charge on any atom is -0.342 e. The first-order valence-corrected chi connectivity index (χ1v) is 13.0. The van der Waals surface area contributed by atoms with Gasteiger partial charge in [-0.1, -0.05) is 35.6 Å². The highest BCUT2D eigenvalue weighted by atomic mass is 16.2. The van der Waals surface area contributed by atoms with E-state index in [0.717, 1.165) is 11.1 Å². The van der Waals surface area contributed by atoms with Crippen molar-refractivity contribution >= 4 is 22.5 Å². The van der Waals surface area contributed by atoms with Gasteiger partial charge in [0, 0.05) is 31.2 Å². The lowest BCUT2D eigenvalue weighted by atomic mass is 10.1. The highest BCUT2D eigenvalue weighted by Gasteiger charge is 2.24. The van der Waals surface area contributed by atoms with Crippen LogP contribution in [0, 0.1) is 25.7 Å². The van der Waals surface area contributed by atoms with Crippen LogP contribution in [0.4, 0.5) is 0 Å². The maximum absolute atomic E-state index is 14.2. The van der Waals surface area contributed by atoms with Crippen LogP contribution in [0.1, 0.15) is 51.5 Å². The Hall–Kier alpha value is -5.56. The second kappa shape index (κ2) is 10.2. The molecular formula is C31H26N8O2. The molecule has 6 aromatic rings. The molecule has 1 N–H and O–H groups in total. The second-order valence-corrected chi connectivity index (χ2v) is 9.84. The van der Waals surface area contributed by atoms with Crippen LogP contribution in [-0.4, -0.2) is 39.8 Å². The molecule has 4 aromatic heterocycles. The molecule has 0 aliphatic rings. The fraction of sp³-hybridized carbons (Fsp3) is 0.161. The summed E-state index contributed by atoms with van der Waals surface area (Å²) < 4.78 is 4.79. The molecule has 0 saturated heterocycles. The summed E-state index contributed by atoms with van der Waals surface area (Å²) in [5.41, 5.74) is 4.56. The molecule has 41 heavy (non-hydrogen) atoms. The Morgan fingerprint density at radius 2 is 1.85 bits per heavy atom. The number of nitrogens with one attached hydrogen (secondary N) is 1. The molecule has 0 bridgehead atoms. The van der Waals surface area contributed by atoms with Crippen LogP contribution >= 0.6 is 0 Å². The molecule has 1 amide bonds. The van der Waals surface area contributed by atoms with Crippen LogP contribution < -0.4 is 10.9 Å². The average molecular weight is 543 g/mol. The number of aryl methyl sites for hydroxylation is 3. The van der Waals surface area contributed by atoms with Gasteiger partial charge in [-0.05, 0) is 51.1 Å². The summed E-state index contributed by atoms with van der Waals surface area (Å²) in [5, 5.41) is 12.0. The third-order valence-electron chi connectivity index (χ3n) is 6.79. The SMILES string of the molecule is Cc1ccc(-n2c(C(C)NC(=O)c3c(C)nn4cccnc34)nc3cccc(C#Cc4cnn(C)c4)c3c2=O)cc1. The minimum absolute atomic E-state index is 0.278. The first kappa shape index (κ1) is 25.7. The molecular weight excluding hydrogens is 516 g/mol. The van der Waals surface area contributed by atoms with E-state index >= 15 is 0 Å². The van der Waals surface area contributed by atoms with Crippen molar-refractivity contribution in [3.05, 3.63) is 117 Å². The topological polar surface area (TPSA) is 112 Å². The smallest absolute Gasteiger partial charge is 0.267 e. The van der Waals surface area contributed by atoms with Crippen molar-refractivity contribution in [1.29, 1.82) is 0 Å². The van der Waals surface area contributed by atoms with E-state index in [1.54, 1.807) is 64.4 Å². The molecule has 0 radical (unpaired) electrons. The third-order valence-corrected chi connectivity index (χ3v) is 6.79. The van der Waals surface area contributed by atoms with Gasteiger partial charge in [0.25, 0.3) is 11.5 Å². The number of hydrogen-bond donors (Lipinski definition) is 1. The summed E-state index contributed by atoms with van der Waals surface area (Å²) in [6.45, 7) is 5.54. The van der Waals surface area contributed by atoms with Gasteiger partial charge in [0.2, 0.25) is 0 Å². The standard InChI is InChI=1S/C31H26N8O2/c1-19-9-13-24(14-10-19)39-28(21(3)34-30(40)26-20(2)36-38-16-6-15-32-29(26)38)35-25-8-5-7-23(27(25)31(39)41)12-11-22-17-33-37(4)18-22/h5-10,13-18,21H,1-4H3,(H,34,40). The van der Waals surface area contributed by atoms with E-state index in [4.69, 9.17) is 4.98 Å². The van der Waals surface area contributed by atoms with Crippen LogP contribution in [0.3, 0.4) is 0 Å². The van der Waals surface area contributed by atoms with E-state index in [1.807, 2.05) is 50.5 Å². The summed E-state index contributed by atoms with van der Waals surface area (Å²) in [4.78, 5) is 37.0. The lowest BCUT2D eigenvalue weighted by Gasteiger charge is -2.20. The van der Waals surface area contributed by atoms with Gasteiger partial charge in [0.05, 0.1) is 40.1 Å². The number of amides is 1. The Labute approximate surface area is 235 Å². The van der Waals surface area contributed by atoms with Gasteiger partial charge < -0.3 is 5.32 Å². The third kappa shape index (κ3) is 4.74. The predicted molar refractivity (Wildman–Crippen MR) is 155 cm³/mol. The van der Waals surface area contributed by atoms with Crippen molar-refractivity contribution < 1.29 is 4.79 Å². The molecule has 6 rings (SSSR count). The summed E-state index contributed by atoms with van der Waals surface area (Å²) in [7, 11) is 1.82. The van der Waals surface area contributed by atoms with Crippen molar-refractivity contribution in [2.24, 2.45) is 7.05 Å². The monoisotopic (exact) mass is 542 g/mol. The molecule has 0 aliphatic heterocycles. The fourth-order valence-electron chi connectivity index (χ4n) is 4.81. The van der Waals surface area contributed by atoms with Gasteiger partial charge in [-0.2, -0.15) is 10.2 Å². The molecule has 10 heteroatoms. The summed E-state index contributed by atoms with van der Waals surface area (Å²) >= 11 is 0. The number of fused-ring (bicyclic) bond motifs is 2. The van der Waals surface area contributed by atoms with Gasteiger partial charge in [0.1, 0.15) is 11.4 Å². The van der Waals surface area contributed by atoms with E-state index in [-0.39, 0.29) is 11.5 Å². The number of nitrogens with zero attached hydrogens (tertiary/aromatic N) is 7. The molecule has 0 spiro atoms. The maximum atomic E-state index is 14.2. The van der Waals surface area contributed by atoms with Gasteiger partial charge in [-0.15, -0.1) is 0 Å². The number of benzene rings is 2. The zero-order valence-corrected chi connectivity index (χ0v) is 23.0. The highest BCUT2D eigenvalue weighted by Crippen LogP contribution is 2.22. The minimum atomic E-state index is -0.635. The molecule has 4 heterocycles. The first-order valence-electron chi connectivity index (χ1n) is 13.0. The normalized spacial score (nSPS) is 11.8. The van der Waals surface area contributed by atoms with Crippen molar-refractivity contribution in [2.45, 2.75) is 26.8 Å². The fourth-order valence-corrected chi connectivity index (χ4v) is 4.81. The van der Waals surface area contributed by atoms with Crippen LogP contribution in [0.25, 0.3) is 22.2 Å². The van der Waals surface area contributed by atoms with E-state index in [1.165, 1.54) is 0 Å². The van der Waals surface area contributed by atoms with Crippen LogP contribution in [0.15, 0.2) is 78.1 Å². The number of hydrogen-bond acceptors (Lipinski definition) is 6. The van der Waals surface area contributed by atoms with Gasteiger partial charge in [-0.25, -0.2) is 14.5 Å².